The van der Waals surface area contributed by atoms with Crippen molar-refractivity contribution in [1.29, 1.82) is 0 Å². The third-order valence-electron chi connectivity index (χ3n) is 3.04. The van der Waals surface area contributed by atoms with Gasteiger partial charge in [-0.3, -0.25) is 4.79 Å². The fourth-order valence-corrected chi connectivity index (χ4v) is 2.11. The lowest BCUT2D eigenvalue weighted by atomic mass is 10.2. The number of nitrogens with one attached hydrogen (secondary N) is 1. The summed E-state index contributed by atoms with van der Waals surface area (Å²) in [6.07, 6.45) is 0. The van der Waals surface area contributed by atoms with Crippen molar-refractivity contribution in [3.63, 3.8) is 0 Å². The molecule has 9 heteroatoms. The second kappa shape index (κ2) is 11.9. The van der Waals surface area contributed by atoms with Crippen molar-refractivity contribution >= 4 is 35.9 Å². The smallest absolute Gasteiger partial charge is 0.387 e. The molecule has 0 bridgehead atoms. The van der Waals surface area contributed by atoms with E-state index in [9.17, 15) is 13.6 Å². The van der Waals surface area contributed by atoms with E-state index in [0.29, 0.717) is 19.0 Å². The molecule has 1 aromatic carbocycles. The molecule has 0 heterocycles. The lowest BCUT2D eigenvalue weighted by Gasteiger charge is -2.23. The SMILES string of the molecule is CCNC(=NCC(=O)OC(C)(C)C)N(C)Cc1ccc(OC(F)F)cc1.I. The molecule has 0 aliphatic carbocycles. The van der Waals surface area contributed by atoms with E-state index in [4.69, 9.17) is 4.74 Å². The Balaban J connectivity index is 0.00000676. The molecule has 1 aromatic rings. The van der Waals surface area contributed by atoms with E-state index >= 15 is 0 Å². The Hall–Kier alpha value is -1.65. The van der Waals surface area contributed by atoms with Gasteiger partial charge in [0.05, 0.1) is 0 Å². The topological polar surface area (TPSA) is 63.2 Å². The number of carbonyl (C=O) groups is 1. The van der Waals surface area contributed by atoms with Gasteiger partial charge >= 0.3 is 12.6 Å². The van der Waals surface area contributed by atoms with Crippen molar-refractivity contribution in [1.82, 2.24) is 10.2 Å². The van der Waals surface area contributed by atoms with E-state index < -0.39 is 18.2 Å². The zero-order chi connectivity index (χ0) is 19.7. The first-order valence-corrected chi connectivity index (χ1v) is 8.35. The number of hydrogen-bond acceptors (Lipinski definition) is 4. The molecule has 0 aliphatic rings. The minimum atomic E-state index is -2.84. The first-order valence-electron chi connectivity index (χ1n) is 8.35. The van der Waals surface area contributed by atoms with Crippen LogP contribution in [0.2, 0.25) is 0 Å². The van der Waals surface area contributed by atoms with Crippen molar-refractivity contribution in [3.05, 3.63) is 29.8 Å². The fourth-order valence-electron chi connectivity index (χ4n) is 2.11. The summed E-state index contributed by atoms with van der Waals surface area (Å²) in [6.45, 7) is 5.50. The maximum Gasteiger partial charge on any atom is 0.387 e. The van der Waals surface area contributed by atoms with Gasteiger partial charge in [0.15, 0.2) is 5.96 Å². The summed E-state index contributed by atoms with van der Waals surface area (Å²) in [5.41, 5.74) is 0.329. The largest absolute Gasteiger partial charge is 0.459 e. The predicted octanol–water partition coefficient (Wildman–Crippen LogP) is 3.65. The third-order valence-corrected chi connectivity index (χ3v) is 3.04. The van der Waals surface area contributed by atoms with Gasteiger partial charge in [-0.15, -0.1) is 24.0 Å². The maximum atomic E-state index is 12.2. The highest BCUT2D eigenvalue weighted by molar-refractivity contribution is 14.0. The number of hydrogen-bond donors (Lipinski definition) is 1. The maximum absolute atomic E-state index is 12.2. The lowest BCUT2D eigenvalue weighted by Crippen LogP contribution is -2.39. The summed E-state index contributed by atoms with van der Waals surface area (Å²) in [5, 5.41) is 3.10. The first-order chi connectivity index (χ1) is 12.1. The van der Waals surface area contributed by atoms with Crippen molar-refractivity contribution in [2.75, 3.05) is 20.1 Å². The van der Waals surface area contributed by atoms with Crippen LogP contribution in [0.25, 0.3) is 0 Å². The van der Waals surface area contributed by atoms with Crippen LogP contribution in [0, 0.1) is 0 Å². The highest BCUT2D eigenvalue weighted by Crippen LogP contribution is 2.15. The molecule has 1 rings (SSSR count). The van der Waals surface area contributed by atoms with Crippen LogP contribution in [0.1, 0.15) is 33.3 Å². The predicted molar refractivity (Wildman–Crippen MR) is 112 cm³/mol. The number of ether oxygens (including phenoxy) is 2. The number of benzene rings is 1. The minimum Gasteiger partial charge on any atom is -0.459 e. The summed E-state index contributed by atoms with van der Waals surface area (Å²) in [4.78, 5) is 17.9. The Morgan fingerprint density at radius 1 is 1.26 bits per heavy atom. The zero-order valence-corrected chi connectivity index (χ0v) is 18.6. The van der Waals surface area contributed by atoms with Gasteiger partial charge in [-0.25, -0.2) is 4.99 Å². The Morgan fingerprint density at radius 3 is 2.33 bits per heavy atom. The number of guanidine groups is 1. The molecule has 0 saturated heterocycles. The third kappa shape index (κ3) is 10.9. The van der Waals surface area contributed by atoms with Crippen LogP contribution in [0.5, 0.6) is 5.75 Å². The number of alkyl halides is 2. The van der Waals surface area contributed by atoms with Crippen molar-refractivity contribution < 1.29 is 23.0 Å². The quantitative estimate of drug-likeness (QED) is 0.269. The van der Waals surface area contributed by atoms with E-state index in [2.05, 4.69) is 15.0 Å². The Labute approximate surface area is 176 Å². The van der Waals surface area contributed by atoms with E-state index in [1.165, 1.54) is 12.1 Å². The van der Waals surface area contributed by atoms with Gasteiger partial charge in [-0.05, 0) is 45.4 Å². The molecule has 154 valence electrons. The number of aliphatic imine (C=N–C) groups is 1. The van der Waals surface area contributed by atoms with E-state index in [0.717, 1.165) is 5.56 Å². The van der Waals surface area contributed by atoms with Crippen molar-refractivity contribution in [3.8, 4) is 5.75 Å². The van der Waals surface area contributed by atoms with Crippen LogP contribution in [-0.2, 0) is 16.1 Å². The Kier molecular flexibility index (Phi) is 11.2. The van der Waals surface area contributed by atoms with Gasteiger partial charge in [0.1, 0.15) is 17.9 Å². The number of halogens is 3. The number of carbonyl (C=O) groups excluding carboxylic acids is 1. The van der Waals surface area contributed by atoms with Gasteiger partial charge in [0.2, 0.25) is 0 Å². The Morgan fingerprint density at radius 2 is 1.85 bits per heavy atom. The molecular weight excluding hydrogens is 471 g/mol. The summed E-state index contributed by atoms with van der Waals surface area (Å²) in [6, 6.07) is 6.37. The second-order valence-corrected chi connectivity index (χ2v) is 6.64. The standard InChI is InChI=1S/C18H27F2N3O3.HI/c1-6-21-17(22-11-15(24)26-18(2,3)4)23(5)12-13-7-9-14(10-8-13)25-16(19)20;/h7-10,16H,6,11-12H2,1-5H3,(H,21,22);1H. The van der Waals surface area contributed by atoms with Crippen LogP contribution in [-0.4, -0.2) is 49.2 Å². The van der Waals surface area contributed by atoms with Gasteiger partial charge in [0.25, 0.3) is 0 Å². The van der Waals surface area contributed by atoms with Crippen LogP contribution in [0.3, 0.4) is 0 Å². The molecule has 0 spiro atoms. The first kappa shape index (κ1) is 25.4. The van der Waals surface area contributed by atoms with Crippen molar-refractivity contribution in [2.24, 2.45) is 4.99 Å². The van der Waals surface area contributed by atoms with E-state index in [-0.39, 0.29) is 36.3 Å². The Bertz CT molecular complexity index is 605. The highest BCUT2D eigenvalue weighted by Gasteiger charge is 2.16. The van der Waals surface area contributed by atoms with Gasteiger partial charge in [-0.2, -0.15) is 8.78 Å². The molecular formula is C18H28F2IN3O3. The fraction of sp³-hybridized carbons (Fsp3) is 0.556. The average Bonchev–Trinajstić information content (AvgIpc) is 2.51. The minimum absolute atomic E-state index is 0. The number of esters is 1. The summed E-state index contributed by atoms with van der Waals surface area (Å²) in [7, 11) is 1.82. The van der Waals surface area contributed by atoms with Crippen LogP contribution in [0.4, 0.5) is 8.78 Å². The van der Waals surface area contributed by atoms with E-state index in [1.54, 1.807) is 32.9 Å². The van der Waals surface area contributed by atoms with Crippen LogP contribution < -0.4 is 10.1 Å². The van der Waals surface area contributed by atoms with Gasteiger partial charge < -0.3 is 19.7 Å². The molecule has 27 heavy (non-hydrogen) atoms. The normalized spacial score (nSPS) is 11.6. The molecule has 1 N–H and O–H groups in total. The average molecular weight is 499 g/mol. The summed E-state index contributed by atoms with van der Waals surface area (Å²) >= 11 is 0. The van der Waals surface area contributed by atoms with Gasteiger partial charge in [-0.1, -0.05) is 12.1 Å². The molecule has 6 nitrogen and oxygen atoms in total. The number of nitrogens with zero attached hydrogens (tertiary/aromatic N) is 2. The van der Waals surface area contributed by atoms with E-state index in [1.807, 2.05) is 18.9 Å². The van der Waals surface area contributed by atoms with Crippen LogP contribution in [0.15, 0.2) is 29.3 Å². The molecule has 0 fully saturated rings. The molecule has 0 aromatic heterocycles. The monoisotopic (exact) mass is 499 g/mol. The molecule has 0 radical (unpaired) electrons. The van der Waals surface area contributed by atoms with Gasteiger partial charge in [0, 0.05) is 20.1 Å². The second-order valence-electron chi connectivity index (χ2n) is 6.64. The van der Waals surface area contributed by atoms with Crippen LogP contribution >= 0.6 is 24.0 Å². The molecule has 0 amide bonds. The number of rotatable bonds is 7. The van der Waals surface area contributed by atoms with Crippen molar-refractivity contribution in [2.45, 2.75) is 46.5 Å². The lowest BCUT2D eigenvalue weighted by molar-refractivity contribution is -0.152. The molecule has 0 atom stereocenters. The zero-order valence-electron chi connectivity index (χ0n) is 16.3. The highest BCUT2D eigenvalue weighted by atomic mass is 127. The summed E-state index contributed by atoms with van der Waals surface area (Å²) in [5.74, 6) is 0.248. The summed E-state index contributed by atoms with van der Waals surface area (Å²) < 4.78 is 33.9. The molecule has 0 aliphatic heterocycles. The molecule has 0 saturated carbocycles. The molecule has 0 unspecified atom stereocenters.